The number of ether oxygens (including phenoxy) is 1. The zero-order valence-electron chi connectivity index (χ0n) is 11.9. The predicted octanol–water partition coefficient (Wildman–Crippen LogP) is 3.49. The highest BCUT2D eigenvalue weighted by Crippen LogP contribution is 2.20. The van der Waals surface area contributed by atoms with E-state index in [0.29, 0.717) is 17.2 Å². The molecule has 0 amide bonds. The number of furan rings is 1. The van der Waals surface area contributed by atoms with Crippen molar-refractivity contribution in [2.45, 2.75) is 6.61 Å². The van der Waals surface area contributed by atoms with Gasteiger partial charge >= 0.3 is 0 Å². The molecule has 0 aliphatic carbocycles. The summed E-state index contributed by atoms with van der Waals surface area (Å²) in [5.74, 6) is 1.91. The van der Waals surface area contributed by atoms with Crippen LogP contribution in [-0.2, 0) is 11.4 Å². The van der Waals surface area contributed by atoms with E-state index in [4.69, 9.17) is 18.5 Å². The molecular formula is C16H14N2O4. The number of methoxy groups -OCH3 is 1. The van der Waals surface area contributed by atoms with E-state index in [1.54, 1.807) is 37.8 Å². The molecule has 0 aliphatic heterocycles. The molecule has 2 heterocycles. The standard InChI is InChI=1S/C16H14N2O4/c1-19-14-6-3-2-5-12(14)10-17-21-11-13-9-16(22-18-13)15-7-4-8-20-15/h2-10H,11H2,1H3/b17-10-. The number of para-hydroxylation sites is 1. The second-order valence-electron chi connectivity index (χ2n) is 4.41. The molecule has 112 valence electrons. The van der Waals surface area contributed by atoms with E-state index >= 15 is 0 Å². The number of nitrogens with zero attached hydrogens (tertiary/aromatic N) is 2. The Morgan fingerprint density at radius 2 is 2.09 bits per heavy atom. The van der Waals surface area contributed by atoms with Crippen LogP contribution >= 0.6 is 0 Å². The van der Waals surface area contributed by atoms with Crippen molar-refractivity contribution >= 4 is 6.21 Å². The van der Waals surface area contributed by atoms with Crippen molar-refractivity contribution in [3.63, 3.8) is 0 Å². The lowest BCUT2D eigenvalue weighted by atomic mass is 10.2. The monoisotopic (exact) mass is 298 g/mol. The lowest BCUT2D eigenvalue weighted by Crippen LogP contribution is -1.91. The molecule has 3 aromatic rings. The van der Waals surface area contributed by atoms with Gasteiger partial charge in [-0.1, -0.05) is 22.4 Å². The summed E-state index contributed by atoms with van der Waals surface area (Å²) in [6.45, 7) is 0.204. The van der Waals surface area contributed by atoms with Crippen LogP contribution in [0.1, 0.15) is 11.3 Å². The fourth-order valence-electron chi connectivity index (χ4n) is 1.89. The summed E-state index contributed by atoms with van der Waals surface area (Å²) >= 11 is 0. The van der Waals surface area contributed by atoms with Gasteiger partial charge in [0.2, 0.25) is 5.76 Å². The quantitative estimate of drug-likeness (QED) is 0.514. The number of aromatic nitrogens is 1. The first kappa shape index (κ1) is 13.9. The Labute approximate surface area is 126 Å². The summed E-state index contributed by atoms with van der Waals surface area (Å²) in [6, 6.07) is 12.9. The summed E-state index contributed by atoms with van der Waals surface area (Å²) in [5.41, 5.74) is 1.46. The summed E-state index contributed by atoms with van der Waals surface area (Å²) < 4.78 is 15.6. The van der Waals surface area contributed by atoms with Crippen molar-refractivity contribution < 1.29 is 18.5 Å². The Morgan fingerprint density at radius 1 is 1.18 bits per heavy atom. The fraction of sp³-hybridized carbons (Fsp3) is 0.125. The van der Waals surface area contributed by atoms with E-state index in [1.165, 1.54) is 0 Å². The summed E-state index contributed by atoms with van der Waals surface area (Å²) in [6.07, 6.45) is 3.16. The fourth-order valence-corrected chi connectivity index (χ4v) is 1.89. The number of hydrogen-bond donors (Lipinski definition) is 0. The molecule has 6 nitrogen and oxygen atoms in total. The normalized spacial score (nSPS) is 11.0. The molecule has 0 radical (unpaired) electrons. The molecule has 22 heavy (non-hydrogen) atoms. The maximum Gasteiger partial charge on any atom is 0.202 e. The molecule has 0 spiro atoms. The Balaban J connectivity index is 1.58. The highest BCUT2D eigenvalue weighted by molar-refractivity contribution is 5.82. The van der Waals surface area contributed by atoms with E-state index < -0.39 is 0 Å². The molecule has 0 atom stereocenters. The van der Waals surface area contributed by atoms with Gasteiger partial charge in [0.1, 0.15) is 11.4 Å². The van der Waals surface area contributed by atoms with Crippen LogP contribution in [0.25, 0.3) is 11.5 Å². The molecule has 0 unspecified atom stereocenters. The minimum Gasteiger partial charge on any atom is -0.496 e. The lowest BCUT2D eigenvalue weighted by Gasteiger charge is -2.02. The highest BCUT2D eigenvalue weighted by Gasteiger charge is 2.09. The van der Waals surface area contributed by atoms with Crippen molar-refractivity contribution in [2.75, 3.05) is 7.11 Å². The molecule has 3 rings (SSSR count). The average molecular weight is 298 g/mol. The third-order valence-electron chi connectivity index (χ3n) is 2.94. The van der Waals surface area contributed by atoms with Gasteiger partial charge in [-0.2, -0.15) is 0 Å². The van der Waals surface area contributed by atoms with Crippen molar-refractivity contribution in [3.8, 4) is 17.3 Å². The molecule has 0 saturated heterocycles. The molecule has 1 aromatic carbocycles. The Hall–Kier alpha value is -3.02. The molecule has 0 aliphatic rings. The van der Waals surface area contributed by atoms with Crippen molar-refractivity contribution in [1.29, 1.82) is 0 Å². The average Bonchev–Trinajstić information content (AvgIpc) is 3.23. The third kappa shape index (κ3) is 3.17. The van der Waals surface area contributed by atoms with Crippen molar-refractivity contribution in [2.24, 2.45) is 5.16 Å². The van der Waals surface area contributed by atoms with Crippen LogP contribution in [0.15, 0.2) is 62.8 Å². The van der Waals surface area contributed by atoms with E-state index in [2.05, 4.69) is 10.3 Å². The lowest BCUT2D eigenvalue weighted by molar-refractivity contribution is 0.126. The molecule has 0 N–H and O–H groups in total. The molecule has 0 fully saturated rings. The highest BCUT2D eigenvalue weighted by atomic mass is 16.6. The van der Waals surface area contributed by atoms with Gasteiger partial charge in [0.25, 0.3) is 0 Å². The van der Waals surface area contributed by atoms with Gasteiger partial charge in [-0.25, -0.2) is 0 Å². The molecule has 0 saturated carbocycles. The predicted molar refractivity (Wildman–Crippen MR) is 79.6 cm³/mol. The second-order valence-corrected chi connectivity index (χ2v) is 4.41. The van der Waals surface area contributed by atoms with Crippen LogP contribution in [0.5, 0.6) is 5.75 Å². The van der Waals surface area contributed by atoms with Gasteiger partial charge in [-0.15, -0.1) is 0 Å². The van der Waals surface area contributed by atoms with Gasteiger partial charge in [0.05, 0.1) is 19.6 Å². The maximum atomic E-state index is 5.22. The number of oxime groups is 1. The van der Waals surface area contributed by atoms with Crippen LogP contribution in [0.4, 0.5) is 0 Å². The number of benzene rings is 1. The van der Waals surface area contributed by atoms with Crippen LogP contribution in [0.3, 0.4) is 0 Å². The number of rotatable bonds is 6. The Kier molecular flexibility index (Phi) is 4.20. The largest absolute Gasteiger partial charge is 0.496 e. The molecule has 0 bridgehead atoms. The van der Waals surface area contributed by atoms with Crippen LogP contribution < -0.4 is 4.74 Å². The first-order valence-electron chi connectivity index (χ1n) is 6.64. The first-order valence-corrected chi connectivity index (χ1v) is 6.64. The van der Waals surface area contributed by atoms with E-state index in [-0.39, 0.29) is 6.61 Å². The minimum absolute atomic E-state index is 0.204. The Bertz CT molecular complexity index is 747. The molecule has 2 aromatic heterocycles. The van der Waals surface area contributed by atoms with Crippen LogP contribution in [0.2, 0.25) is 0 Å². The zero-order chi connectivity index (χ0) is 15.2. The van der Waals surface area contributed by atoms with Gasteiger partial charge in [0.15, 0.2) is 12.4 Å². The Morgan fingerprint density at radius 3 is 2.91 bits per heavy atom. The van der Waals surface area contributed by atoms with E-state index in [1.807, 2.05) is 24.3 Å². The second kappa shape index (κ2) is 6.62. The van der Waals surface area contributed by atoms with Gasteiger partial charge in [0, 0.05) is 11.6 Å². The first-order chi connectivity index (χ1) is 10.9. The minimum atomic E-state index is 0.204. The van der Waals surface area contributed by atoms with Gasteiger partial charge < -0.3 is 18.5 Å². The summed E-state index contributed by atoms with van der Waals surface area (Å²) in [7, 11) is 1.61. The van der Waals surface area contributed by atoms with Gasteiger partial charge in [-0.05, 0) is 24.3 Å². The topological polar surface area (TPSA) is 70.0 Å². The number of hydrogen-bond acceptors (Lipinski definition) is 6. The molecular weight excluding hydrogens is 284 g/mol. The van der Waals surface area contributed by atoms with Crippen LogP contribution in [0, 0.1) is 0 Å². The molecule has 6 heteroatoms. The van der Waals surface area contributed by atoms with Crippen molar-refractivity contribution in [1.82, 2.24) is 5.16 Å². The zero-order valence-corrected chi connectivity index (χ0v) is 11.9. The third-order valence-corrected chi connectivity index (χ3v) is 2.94. The van der Waals surface area contributed by atoms with Gasteiger partial charge in [-0.3, -0.25) is 0 Å². The SMILES string of the molecule is COc1ccccc1/C=N\OCc1cc(-c2ccco2)on1. The van der Waals surface area contributed by atoms with Crippen LogP contribution in [-0.4, -0.2) is 18.5 Å². The smallest absolute Gasteiger partial charge is 0.202 e. The van der Waals surface area contributed by atoms with E-state index in [0.717, 1.165) is 11.3 Å². The van der Waals surface area contributed by atoms with E-state index in [9.17, 15) is 0 Å². The van der Waals surface area contributed by atoms with Crippen molar-refractivity contribution in [3.05, 3.63) is 60.0 Å². The summed E-state index contributed by atoms with van der Waals surface area (Å²) in [4.78, 5) is 5.21. The summed E-state index contributed by atoms with van der Waals surface area (Å²) in [5, 5.41) is 7.80. The maximum absolute atomic E-state index is 5.22.